The van der Waals surface area contributed by atoms with E-state index in [1.165, 1.54) is 0 Å². The normalized spacial score (nSPS) is 11.8. The largest absolute Gasteiger partial charge is 0.489 e. The topological polar surface area (TPSA) is 41.6 Å². The molecule has 1 N–H and O–H groups in total. The van der Waals surface area contributed by atoms with Crippen LogP contribution in [-0.2, 0) is 17.9 Å². The Balaban J connectivity index is 1.81. The van der Waals surface area contributed by atoms with E-state index in [2.05, 4.69) is 5.32 Å². The summed E-state index contributed by atoms with van der Waals surface area (Å²) >= 11 is 0. The maximum absolute atomic E-state index is 11.8. The van der Waals surface area contributed by atoms with Crippen molar-refractivity contribution in [2.75, 3.05) is 14.1 Å². The quantitative estimate of drug-likeness (QED) is 0.855. The third kappa shape index (κ3) is 5.42. The average molecular weight is 312 g/mol. The van der Waals surface area contributed by atoms with Gasteiger partial charge in [0.2, 0.25) is 5.91 Å². The number of ether oxygens (including phenoxy) is 1. The Morgan fingerprint density at radius 1 is 1.04 bits per heavy atom. The third-order valence-electron chi connectivity index (χ3n) is 3.60. The molecule has 0 saturated carbocycles. The maximum atomic E-state index is 11.8. The molecule has 4 heteroatoms. The molecule has 0 aliphatic carbocycles. The minimum Gasteiger partial charge on any atom is -0.489 e. The molecule has 0 aromatic heterocycles. The highest BCUT2D eigenvalue weighted by molar-refractivity contribution is 5.80. The Labute approximate surface area is 138 Å². The molecule has 0 unspecified atom stereocenters. The first kappa shape index (κ1) is 17.0. The summed E-state index contributed by atoms with van der Waals surface area (Å²) in [4.78, 5) is 13.4. The first-order valence-electron chi connectivity index (χ1n) is 7.76. The second-order valence-corrected chi connectivity index (χ2v) is 5.75. The second-order valence-electron chi connectivity index (χ2n) is 5.75. The minimum atomic E-state index is -0.195. The molecule has 2 aromatic rings. The Kier molecular flexibility index (Phi) is 6.18. The highest BCUT2D eigenvalue weighted by atomic mass is 16.5. The van der Waals surface area contributed by atoms with E-state index >= 15 is 0 Å². The predicted octanol–water partition coefficient (Wildman–Crippen LogP) is 2.83. The average Bonchev–Trinajstić information content (AvgIpc) is 2.59. The van der Waals surface area contributed by atoms with E-state index in [9.17, 15) is 4.79 Å². The minimum absolute atomic E-state index is 0.0767. The monoisotopic (exact) mass is 312 g/mol. The molecule has 0 radical (unpaired) electrons. The van der Waals surface area contributed by atoms with Gasteiger partial charge in [0.15, 0.2) is 0 Å². The Hall–Kier alpha value is -2.33. The van der Waals surface area contributed by atoms with Gasteiger partial charge in [-0.15, -0.1) is 0 Å². The van der Waals surface area contributed by atoms with Gasteiger partial charge in [-0.2, -0.15) is 0 Å². The van der Waals surface area contributed by atoms with E-state index in [4.69, 9.17) is 4.74 Å². The summed E-state index contributed by atoms with van der Waals surface area (Å²) in [5.74, 6) is 0.919. The van der Waals surface area contributed by atoms with E-state index in [-0.39, 0.29) is 11.9 Å². The van der Waals surface area contributed by atoms with Gasteiger partial charge in [-0.05, 0) is 30.2 Å². The van der Waals surface area contributed by atoms with E-state index < -0.39 is 0 Å². The van der Waals surface area contributed by atoms with Crippen LogP contribution in [0.2, 0.25) is 0 Å². The van der Waals surface area contributed by atoms with Crippen molar-refractivity contribution < 1.29 is 9.53 Å². The number of carbonyl (C=O) groups is 1. The lowest BCUT2D eigenvalue weighted by molar-refractivity contribution is -0.130. The Morgan fingerprint density at radius 2 is 1.70 bits per heavy atom. The molecule has 0 saturated heterocycles. The van der Waals surface area contributed by atoms with Gasteiger partial charge in [-0.25, -0.2) is 0 Å². The fraction of sp³-hybridized carbons (Fsp3) is 0.316. The zero-order valence-corrected chi connectivity index (χ0v) is 14.0. The number of nitrogens with one attached hydrogen (secondary N) is 1. The summed E-state index contributed by atoms with van der Waals surface area (Å²) in [5, 5.41) is 3.23. The number of amides is 1. The number of hydrogen-bond acceptors (Lipinski definition) is 3. The third-order valence-corrected chi connectivity index (χ3v) is 3.60. The van der Waals surface area contributed by atoms with E-state index in [0.717, 1.165) is 16.9 Å². The standard InChI is InChI=1S/C19H24N2O2/c1-15(19(22)21(2)3)20-13-16-9-11-18(12-10-16)23-14-17-7-5-4-6-8-17/h4-12,15,20H,13-14H2,1-3H3/t15-/m0/s1. The number of nitrogens with zero attached hydrogens (tertiary/aromatic N) is 1. The Bertz CT molecular complexity index is 609. The molecule has 1 amide bonds. The summed E-state index contributed by atoms with van der Waals surface area (Å²) in [5.41, 5.74) is 2.27. The van der Waals surface area contributed by atoms with Crippen LogP contribution in [0.5, 0.6) is 5.75 Å². The molecule has 122 valence electrons. The number of rotatable bonds is 7. The van der Waals surface area contributed by atoms with Crippen molar-refractivity contribution in [3.05, 3.63) is 65.7 Å². The molecule has 4 nitrogen and oxygen atoms in total. The molecule has 0 bridgehead atoms. The summed E-state index contributed by atoms with van der Waals surface area (Å²) in [7, 11) is 3.53. The van der Waals surface area contributed by atoms with Gasteiger partial charge < -0.3 is 15.0 Å². The van der Waals surface area contributed by atoms with Crippen LogP contribution in [0.1, 0.15) is 18.1 Å². The smallest absolute Gasteiger partial charge is 0.238 e. The van der Waals surface area contributed by atoms with E-state index in [1.807, 2.05) is 61.5 Å². The number of benzene rings is 2. The highest BCUT2D eigenvalue weighted by Crippen LogP contribution is 2.14. The van der Waals surface area contributed by atoms with Gasteiger partial charge in [0.1, 0.15) is 12.4 Å². The zero-order valence-electron chi connectivity index (χ0n) is 14.0. The van der Waals surface area contributed by atoms with Crippen molar-refractivity contribution >= 4 is 5.91 Å². The molecule has 23 heavy (non-hydrogen) atoms. The lowest BCUT2D eigenvalue weighted by Crippen LogP contribution is -2.41. The van der Waals surface area contributed by atoms with Crippen molar-refractivity contribution in [2.45, 2.75) is 26.1 Å². The Morgan fingerprint density at radius 3 is 2.30 bits per heavy atom. The summed E-state index contributed by atoms with van der Waals surface area (Å²) in [6, 6.07) is 17.8. The van der Waals surface area contributed by atoms with Gasteiger partial charge in [-0.3, -0.25) is 4.79 Å². The van der Waals surface area contributed by atoms with Crippen LogP contribution in [0.15, 0.2) is 54.6 Å². The second kappa shape index (κ2) is 8.34. The SMILES string of the molecule is C[C@H](NCc1ccc(OCc2ccccc2)cc1)C(=O)N(C)C. The van der Waals surface area contributed by atoms with Crippen LogP contribution < -0.4 is 10.1 Å². The highest BCUT2D eigenvalue weighted by Gasteiger charge is 2.13. The van der Waals surface area contributed by atoms with Crippen molar-refractivity contribution in [2.24, 2.45) is 0 Å². The van der Waals surface area contributed by atoms with Crippen molar-refractivity contribution in [3.8, 4) is 5.75 Å². The van der Waals surface area contributed by atoms with Gasteiger partial charge in [0.25, 0.3) is 0 Å². The van der Waals surface area contributed by atoms with Crippen LogP contribution in [0.4, 0.5) is 0 Å². The van der Waals surface area contributed by atoms with Gasteiger partial charge in [-0.1, -0.05) is 42.5 Å². The molecule has 0 aliphatic rings. The molecule has 1 atom stereocenters. The summed E-state index contributed by atoms with van der Waals surface area (Å²) in [6.07, 6.45) is 0. The maximum Gasteiger partial charge on any atom is 0.238 e. The van der Waals surface area contributed by atoms with Crippen molar-refractivity contribution in [1.29, 1.82) is 0 Å². The fourth-order valence-corrected chi connectivity index (χ4v) is 2.19. The molecule has 2 rings (SSSR count). The van der Waals surface area contributed by atoms with E-state index in [1.54, 1.807) is 19.0 Å². The molecular weight excluding hydrogens is 288 g/mol. The zero-order chi connectivity index (χ0) is 16.7. The van der Waals surface area contributed by atoms with Crippen LogP contribution in [0.3, 0.4) is 0 Å². The van der Waals surface area contributed by atoms with Crippen LogP contribution in [0, 0.1) is 0 Å². The van der Waals surface area contributed by atoms with Crippen LogP contribution >= 0.6 is 0 Å². The first-order valence-corrected chi connectivity index (χ1v) is 7.76. The molecular formula is C19H24N2O2. The molecule has 0 aliphatic heterocycles. The lowest BCUT2D eigenvalue weighted by Gasteiger charge is -2.18. The molecule has 0 fully saturated rings. The number of carbonyl (C=O) groups excluding carboxylic acids is 1. The predicted molar refractivity (Wildman–Crippen MR) is 92.2 cm³/mol. The number of likely N-dealkylation sites (N-methyl/N-ethyl adjacent to an activating group) is 1. The summed E-state index contributed by atoms with van der Waals surface area (Å²) in [6.45, 7) is 3.09. The molecule has 0 heterocycles. The van der Waals surface area contributed by atoms with E-state index in [0.29, 0.717) is 13.2 Å². The van der Waals surface area contributed by atoms with Gasteiger partial charge in [0.05, 0.1) is 6.04 Å². The fourth-order valence-electron chi connectivity index (χ4n) is 2.19. The van der Waals surface area contributed by atoms with Gasteiger partial charge >= 0.3 is 0 Å². The number of hydrogen-bond donors (Lipinski definition) is 1. The van der Waals surface area contributed by atoms with Crippen molar-refractivity contribution in [3.63, 3.8) is 0 Å². The molecule has 0 spiro atoms. The van der Waals surface area contributed by atoms with Crippen LogP contribution in [-0.4, -0.2) is 30.9 Å². The molecule has 2 aromatic carbocycles. The van der Waals surface area contributed by atoms with Crippen molar-refractivity contribution in [1.82, 2.24) is 10.2 Å². The van der Waals surface area contributed by atoms with Gasteiger partial charge in [0, 0.05) is 20.6 Å². The van der Waals surface area contributed by atoms with Crippen LogP contribution in [0.25, 0.3) is 0 Å². The lowest BCUT2D eigenvalue weighted by atomic mass is 10.2. The first-order chi connectivity index (χ1) is 11.1. The summed E-state index contributed by atoms with van der Waals surface area (Å²) < 4.78 is 5.76.